The largest absolute Gasteiger partial charge is 0.355 e. The summed E-state index contributed by atoms with van der Waals surface area (Å²) in [5.74, 6) is 0.355. The Kier molecular flexibility index (Phi) is 6.92. The maximum Gasteiger partial charge on any atom is 0.251 e. The molecule has 4 rings (SSSR count). The Balaban J connectivity index is 1.26. The lowest BCUT2D eigenvalue weighted by molar-refractivity contribution is -0.120. The molecule has 1 saturated carbocycles. The van der Waals surface area contributed by atoms with Gasteiger partial charge in [-0.3, -0.25) is 14.6 Å². The highest BCUT2D eigenvalue weighted by atomic mass is 16.2. The molecule has 5 heteroatoms. The zero-order valence-electron chi connectivity index (χ0n) is 17.8. The lowest BCUT2D eigenvalue weighted by Crippen LogP contribution is -2.37. The van der Waals surface area contributed by atoms with E-state index < -0.39 is 0 Å². The Bertz CT molecular complexity index is 1040. The molecule has 0 unspecified atom stereocenters. The van der Waals surface area contributed by atoms with Crippen LogP contribution in [0.2, 0.25) is 0 Å². The maximum absolute atomic E-state index is 12.4. The van der Waals surface area contributed by atoms with Crippen LogP contribution in [0.5, 0.6) is 0 Å². The van der Waals surface area contributed by atoms with E-state index in [2.05, 4.69) is 21.7 Å². The van der Waals surface area contributed by atoms with E-state index in [9.17, 15) is 9.59 Å². The molecule has 1 aromatic heterocycles. The first-order valence-corrected chi connectivity index (χ1v) is 11.2. The first kappa shape index (κ1) is 21.0. The minimum absolute atomic E-state index is 0.000153. The van der Waals surface area contributed by atoms with Crippen LogP contribution in [-0.4, -0.2) is 29.9 Å². The molecule has 2 N–H and O–H groups in total. The molecule has 2 aromatic carbocycles. The average Bonchev–Trinajstić information content (AvgIpc) is 2.83. The Labute approximate surface area is 183 Å². The quantitative estimate of drug-likeness (QED) is 0.587. The third kappa shape index (κ3) is 5.69. The van der Waals surface area contributed by atoms with Crippen molar-refractivity contribution in [1.82, 2.24) is 15.6 Å². The molecule has 0 aliphatic heterocycles. The van der Waals surface area contributed by atoms with Crippen LogP contribution in [0, 0.1) is 5.92 Å². The third-order valence-corrected chi connectivity index (χ3v) is 6.08. The second-order valence-electron chi connectivity index (χ2n) is 8.32. The van der Waals surface area contributed by atoms with Gasteiger partial charge in [-0.25, -0.2) is 0 Å². The van der Waals surface area contributed by atoms with Gasteiger partial charge in [-0.1, -0.05) is 62.4 Å². The van der Waals surface area contributed by atoms with E-state index >= 15 is 0 Å². The minimum Gasteiger partial charge on any atom is -0.355 e. The lowest BCUT2D eigenvalue weighted by Gasteiger charge is -2.21. The van der Waals surface area contributed by atoms with Crippen molar-refractivity contribution < 1.29 is 9.59 Å². The molecule has 1 heterocycles. The van der Waals surface area contributed by atoms with Gasteiger partial charge < -0.3 is 10.6 Å². The highest BCUT2D eigenvalue weighted by Crippen LogP contribution is 2.26. The number of hydrogen-bond acceptors (Lipinski definition) is 3. The summed E-state index contributed by atoms with van der Waals surface area (Å²) in [5.41, 5.74) is 3.49. The third-order valence-electron chi connectivity index (χ3n) is 6.08. The summed E-state index contributed by atoms with van der Waals surface area (Å²) in [6, 6.07) is 17.5. The molecule has 5 nitrogen and oxygen atoms in total. The van der Waals surface area contributed by atoms with E-state index in [0.717, 1.165) is 34.4 Å². The smallest absolute Gasteiger partial charge is 0.251 e. The second-order valence-corrected chi connectivity index (χ2v) is 8.32. The summed E-state index contributed by atoms with van der Waals surface area (Å²) >= 11 is 0. The number of rotatable bonds is 7. The van der Waals surface area contributed by atoms with Crippen LogP contribution in [0.1, 0.15) is 48.9 Å². The molecule has 1 aliphatic rings. The summed E-state index contributed by atoms with van der Waals surface area (Å²) in [6.07, 6.45) is 9.39. The second kappa shape index (κ2) is 10.2. The van der Waals surface area contributed by atoms with Crippen molar-refractivity contribution in [2.75, 3.05) is 13.1 Å². The number of benzene rings is 2. The van der Waals surface area contributed by atoms with Crippen molar-refractivity contribution in [3.63, 3.8) is 0 Å². The van der Waals surface area contributed by atoms with Crippen LogP contribution in [0.25, 0.3) is 22.0 Å². The molecule has 2 amide bonds. The van der Waals surface area contributed by atoms with Gasteiger partial charge in [0.25, 0.3) is 5.91 Å². The van der Waals surface area contributed by atoms with Crippen LogP contribution in [0.4, 0.5) is 0 Å². The first-order chi connectivity index (χ1) is 15.2. The first-order valence-electron chi connectivity index (χ1n) is 11.2. The molecule has 0 radical (unpaired) electrons. The van der Waals surface area contributed by atoms with Gasteiger partial charge in [0.2, 0.25) is 5.91 Å². The fourth-order valence-electron chi connectivity index (χ4n) is 4.26. The van der Waals surface area contributed by atoms with E-state index in [1.165, 1.54) is 32.1 Å². The molecule has 1 fully saturated rings. The van der Waals surface area contributed by atoms with Crippen molar-refractivity contribution >= 4 is 22.7 Å². The van der Waals surface area contributed by atoms with Crippen LogP contribution >= 0.6 is 0 Å². The molecule has 3 aromatic rings. The number of pyridine rings is 1. The van der Waals surface area contributed by atoms with Gasteiger partial charge in [-0.2, -0.15) is 0 Å². The molecule has 0 spiro atoms. The number of para-hydroxylation sites is 1. The van der Waals surface area contributed by atoms with Crippen molar-refractivity contribution in [2.45, 2.75) is 38.5 Å². The Morgan fingerprint density at radius 2 is 1.68 bits per heavy atom. The molecule has 160 valence electrons. The Morgan fingerprint density at radius 3 is 2.48 bits per heavy atom. The van der Waals surface area contributed by atoms with E-state index in [4.69, 9.17) is 0 Å². The van der Waals surface area contributed by atoms with Gasteiger partial charge >= 0.3 is 0 Å². The van der Waals surface area contributed by atoms with E-state index in [0.29, 0.717) is 12.1 Å². The van der Waals surface area contributed by atoms with Crippen LogP contribution in [0.3, 0.4) is 0 Å². The van der Waals surface area contributed by atoms with Gasteiger partial charge in [0.05, 0.1) is 12.1 Å². The lowest BCUT2D eigenvalue weighted by atomic mass is 9.87. The zero-order chi connectivity index (χ0) is 21.5. The predicted octanol–water partition coefficient (Wildman–Crippen LogP) is 4.72. The molecule has 31 heavy (non-hydrogen) atoms. The monoisotopic (exact) mass is 415 g/mol. The molecule has 0 bridgehead atoms. The average molecular weight is 416 g/mol. The van der Waals surface area contributed by atoms with Gasteiger partial charge in [0, 0.05) is 29.3 Å². The fraction of sp³-hybridized carbons (Fsp3) is 0.346. The summed E-state index contributed by atoms with van der Waals surface area (Å²) in [5, 5.41) is 6.71. The van der Waals surface area contributed by atoms with Crippen molar-refractivity contribution in [2.24, 2.45) is 5.92 Å². The zero-order valence-corrected chi connectivity index (χ0v) is 17.8. The molecular weight excluding hydrogens is 386 g/mol. The standard InChI is InChI=1S/C26H29N3O2/c30-25(27-15-14-19-6-2-1-3-7-19)18-29-26(31)21-12-10-20(11-13-21)23-16-22-8-4-5-9-24(22)28-17-23/h4-5,8-13,16-17,19H,1-3,6-7,14-15,18H2,(H,27,30)(H,29,31). The van der Waals surface area contributed by atoms with Gasteiger partial charge in [0.1, 0.15) is 0 Å². The summed E-state index contributed by atoms with van der Waals surface area (Å²) in [6.45, 7) is 0.688. The van der Waals surface area contributed by atoms with Crippen molar-refractivity contribution in [3.05, 3.63) is 66.4 Å². The maximum atomic E-state index is 12.4. The number of carbonyl (C=O) groups excluding carboxylic acids is 2. The number of aromatic nitrogens is 1. The number of nitrogens with zero attached hydrogens (tertiary/aromatic N) is 1. The van der Waals surface area contributed by atoms with Crippen LogP contribution in [-0.2, 0) is 4.79 Å². The number of fused-ring (bicyclic) bond motifs is 1. The van der Waals surface area contributed by atoms with Gasteiger partial charge in [-0.15, -0.1) is 0 Å². The number of nitrogens with one attached hydrogen (secondary N) is 2. The van der Waals surface area contributed by atoms with Crippen molar-refractivity contribution in [3.8, 4) is 11.1 Å². The SMILES string of the molecule is O=C(CNC(=O)c1ccc(-c2cnc3ccccc3c2)cc1)NCCC1CCCCC1. The molecule has 1 aliphatic carbocycles. The fourth-order valence-corrected chi connectivity index (χ4v) is 4.26. The molecular formula is C26H29N3O2. The Morgan fingerprint density at radius 1 is 0.903 bits per heavy atom. The minimum atomic E-state index is -0.245. The molecule has 0 saturated heterocycles. The predicted molar refractivity (Wildman–Crippen MR) is 124 cm³/mol. The highest BCUT2D eigenvalue weighted by molar-refractivity contribution is 5.97. The number of amides is 2. The molecule has 0 atom stereocenters. The van der Waals surface area contributed by atoms with Crippen LogP contribution in [0.15, 0.2) is 60.8 Å². The van der Waals surface area contributed by atoms with Crippen LogP contribution < -0.4 is 10.6 Å². The van der Waals surface area contributed by atoms with E-state index in [1.54, 1.807) is 12.1 Å². The highest BCUT2D eigenvalue weighted by Gasteiger charge is 2.14. The van der Waals surface area contributed by atoms with E-state index in [1.807, 2.05) is 42.6 Å². The summed E-state index contributed by atoms with van der Waals surface area (Å²) in [4.78, 5) is 28.9. The summed E-state index contributed by atoms with van der Waals surface area (Å²) in [7, 11) is 0. The summed E-state index contributed by atoms with van der Waals surface area (Å²) < 4.78 is 0. The normalized spacial score (nSPS) is 14.3. The van der Waals surface area contributed by atoms with Gasteiger partial charge in [-0.05, 0) is 42.2 Å². The van der Waals surface area contributed by atoms with Gasteiger partial charge in [0.15, 0.2) is 0 Å². The Hall–Kier alpha value is -3.21. The van der Waals surface area contributed by atoms with Crippen molar-refractivity contribution in [1.29, 1.82) is 0 Å². The topological polar surface area (TPSA) is 71.1 Å². The number of carbonyl (C=O) groups is 2. The number of hydrogen-bond donors (Lipinski definition) is 2. The van der Waals surface area contributed by atoms with E-state index in [-0.39, 0.29) is 18.4 Å².